The van der Waals surface area contributed by atoms with Gasteiger partial charge in [-0.05, 0) is 33.9 Å². The van der Waals surface area contributed by atoms with Crippen molar-refractivity contribution in [3.8, 4) is 11.4 Å². The lowest BCUT2D eigenvalue weighted by atomic mass is 9.90. The molecule has 0 spiro atoms. The maximum Gasteiger partial charge on any atom is 0.255 e. The van der Waals surface area contributed by atoms with Crippen LogP contribution in [0, 0.1) is 0 Å². The van der Waals surface area contributed by atoms with E-state index in [-0.39, 0.29) is 23.1 Å². The van der Waals surface area contributed by atoms with Crippen molar-refractivity contribution in [3.05, 3.63) is 95.4 Å². The van der Waals surface area contributed by atoms with Crippen LogP contribution in [0.3, 0.4) is 0 Å². The molecule has 0 unspecified atom stereocenters. The number of hydrogen-bond acceptors (Lipinski definition) is 3. The van der Waals surface area contributed by atoms with Gasteiger partial charge in [-0.3, -0.25) is 14.2 Å². The van der Waals surface area contributed by atoms with E-state index in [1.54, 1.807) is 27.7 Å². The number of carbonyl (C=O) groups is 1. The highest BCUT2D eigenvalue weighted by Gasteiger charge is 2.30. The average Bonchev–Trinajstić information content (AvgIpc) is 2.71. The molecule has 0 aliphatic carbocycles. The number of amides is 1. The van der Waals surface area contributed by atoms with Gasteiger partial charge < -0.3 is 10.0 Å². The molecule has 3 aromatic carbocycles. The van der Waals surface area contributed by atoms with Crippen LogP contribution < -0.4 is 5.56 Å². The predicted molar refractivity (Wildman–Crippen MR) is 118 cm³/mol. The maximum absolute atomic E-state index is 13.0. The smallest absolute Gasteiger partial charge is 0.255 e. The predicted octanol–water partition coefficient (Wildman–Crippen LogP) is 3.96. The first-order valence-corrected chi connectivity index (χ1v) is 9.83. The molecule has 0 bridgehead atoms. The monoisotopic (exact) mass is 396 g/mol. The molecule has 1 fully saturated rings. The fourth-order valence-electron chi connectivity index (χ4n) is 4.16. The highest BCUT2D eigenvalue weighted by atomic mass is 16.3. The number of aromatic nitrogens is 1. The number of carbonyl (C=O) groups excluding carboxylic acids is 1. The van der Waals surface area contributed by atoms with Crippen molar-refractivity contribution >= 4 is 27.5 Å². The van der Waals surface area contributed by atoms with E-state index in [0.29, 0.717) is 18.8 Å². The number of pyridine rings is 1. The van der Waals surface area contributed by atoms with Crippen molar-refractivity contribution in [1.82, 2.24) is 9.47 Å². The van der Waals surface area contributed by atoms with Crippen LogP contribution >= 0.6 is 0 Å². The Kier molecular flexibility index (Phi) is 4.17. The van der Waals surface area contributed by atoms with E-state index in [1.165, 1.54) is 6.08 Å². The van der Waals surface area contributed by atoms with Gasteiger partial charge in [0.15, 0.2) is 0 Å². The van der Waals surface area contributed by atoms with Gasteiger partial charge in [-0.15, -0.1) is 0 Å². The lowest BCUT2D eigenvalue weighted by molar-refractivity contribution is -0.130. The zero-order valence-corrected chi connectivity index (χ0v) is 16.3. The van der Waals surface area contributed by atoms with E-state index in [9.17, 15) is 14.7 Å². The van der Waals surface area contributed by atoms with E-state index >= 15 is 0 Å². The zero-order chi connectivity index (χ0) is 20.8. The quantitative estimate of drug-likeness (QED) is 0.533. The summed E-state index contributed by atoms with van der Waals surface area (Å²) in [6, 6.07) is 18.7. The third-order valence-electron chi connectivity index (χ3n) is 5.82. The normalized spacial score (nSPS) is 14.1. The van der Waals surface area contributed by atoms with Gasteiger partial charge in [-0.1, -0.05) is 49.0 Å². The molecule has 148 valence electrons. The number of nitrogens with zero attached hydrogens (tertiary/aromatic N) is 2. The Labute approximate surface area is 173 Å². The first-order valence-electron chi connectivity index (χ1n) is 9.83. The summed E-state index contributed by atoms with van der Waals surface area (Å²) < 4.78 is 1.58. The summed E-state index contributed by atoms with van der Waals surface area (Å²) >= 11 is 0. The highest BCUT2D eigenvalue weighted by Crippen LogP contribution is 2.30. The van der Waals surface area contributed by atoms with Crippen LogP contribution in [0.4, 0.5) is 0 Å². The molecule has 0 saturated carbocycles. The number of likely N-dealkylation sites (tertiary alicyclic amines) is 1. The molecule has 2 heterocycles. The van der Waals surface area contributed by atoms with Gasteiger partial charge in [0.05, 0.1) is 5.69 Å². The highest BCUT2D eigenvalue weighted by molar-refractivity contribution is 5.92. The molecule has 0 atom stereocenters. The van der Waals surface area contributed by atoms with E-state index in [4.69, 9.17) is 0 Å². The van der Waals surface area contributed by atoms with E-state index < -0.39 is 0 Å². The molecule has 5 heteroatoms. The summed E-state index contributed by atoms with van der Waals surface area (Å²) in [6.07, 6.45) is 3.15. The van der Waals surface area contributed by atoms with Gasteiger partial charge in [-0.2, -0.15) is 0 Å². The molecule has 1 aliphatic heterocycles. The lowest BCUT2D eigenvalue weighted by Gasteiger charge is -2.39. The summed E-state index contributed by atoms with van der Waals surface area (Å²) in [7, 11) is 0. The number of phenols is 1. The number of hydrogen-bond donors (Lipinski definition) is 1. The summed E-state index contributed by atoms with van der Waals surface area (Å²) in [4.78, 5) is 26.4. The van der Waals surface area contributed by atoms with Crippen LogP contribution in [-0.4, -0.2) is 33.6 Å². The Morgan fingerprint density at radius 2 is 1.80 bits per heavy atom. The Balaban J connectivity index is 1.56. The van der Waals surface area contributed by atoms with Crippen molar-refractivity contribution in [2.75, 3.05) is 13.1 Å². The first-order chi connectivity index (χ1) is 14.5. The second kappa shape index (κ2) is 6.88. The fourth-order valence-corrected chi connectivity index (χ4v) is 4.16. The zero-order valence-electron chi connectivity index (χ0n) is 16.3. The Morgan fingerprint density at radius 3 is 2.60 bits per heavy atom. The van der Waals surface area contributed by atoms with Crippen LogP contribution in [0.2, 0.25) is 0 Å². The number of aromatic hydroxyl groups is 1. The van der Waals surface area contributed by atoms with Crippen molar-refractivity contribution < 1.29 is 9.90 Å². The number of rotatable bonds is 3. The Bertz CT molecular complexity index is 1380. The first kappa shape index (κ1) is 18.2. The molecule has 4 aromatic rings. The van der Waals surface area contributed by atoms with E-state index in [1.807, 2.05) is 42.6 Å². The van der Waals surface area contributed by atoms with Crippen LogP contribution in [-0.2, 0) is 4.79 Å². The SMILES string of the molecule is C=CC(=O)N1CC(c2ccc3cn(-c4cc(O)cc5ccccc45)c(=O)cc3c2)C1. The standard InChI is InChI=1S/C25H20N2O3/c1-2-24(29)26-13-20(14-26)16-7-8-18-15-27(25(30)11-19(18)9-16)23-12-21(28)10-17-5-3-4-6-22(17)23/h2-12,15,20,28H,1,13-14H2. The molecule has 1 aromatic heterocycles. The van der Waals surface area contributed by atoms with Crippen LogP contribution in [0.1, 0.15) is 11.5 Å². The summed E-state index contributed by atoms with van der Waals surface area (Å²) in [5, 5.41) is 13.7. The molecular formula is C25H20N2O3. The number of benzene rings is 3. The average molecular weight is 396 g/mol. The van der Waals surface area contributed by atoms with Gasteiger partial charge in [0.25, 0.3) is 5.56 Å². The molecular weight excluding hydrogens is 376 g/mol. The van der Waals surface area contributed by atoms with Crippen molar-refractivity contribution in [3.63, 3.8) is 0 Å². The van der Waals surface area contributed by atoms with Gasteiger partial charge in [0.2, 0.25) is 5.91 Å². The molecule has 1 aliphatic rings. The minimum absolute atomic E-state index is 0.0479. The second-order valence-electron chi connectivity index (χ2n) is 7.70. The van der Waals surface area contributed by atoms with Gasteiger partial charge >= 0.3 is 0 Å². The molecule has 1 amide bonds. The van der Waals surface area contributed by atoms with Crippen LogP contribution in [0.15, 0.2) is 84.3 Å². The lowest BCUT2D eigenvalue weighted by Crippen LogP contribution is -2.47. The van der Waals surface area contributed by atoms with E-state index in [2.05, 4.69) is 12.6 Å². The van der Waals surface area contributed by atoms with Gasteiger partial charge in [0.1, 0.15) is 5.75 Å². The minimum atomic E-state index is -0.160. The van der Waals surface area contributed by atoms with Crippen molar-refractivity contribution in [1.29, 1.82) is 0 Å². The van der Waals surface area contributed by atoms with Gasteiger partial charge in [0, 0.05) is 42.7 Å². The van der Waals surface area contributed by atoms with Gasteiger partial charge in [-0.25, -0.2) is 0 Å². The molecule has 30 heavy (non-hydrogen) atoms. The minimum Gasteiger partial charge on any atom is -0.508 e. The molecule has 5 nitrogen and oxygen atoms in total. The van der Waals surface area contributed by atoms with E-state index in [0.717, 1.165) is 27.1 Å². The Morgan fingerprint density at radius 1 is 1.00 bits per heavy atom. The Hall–Kier alpha value is -3.86. The molecule has 0 radical (unpaired) electrons. The third kappa shape index (κ3) is 2.95. The summed E-state index contributed by atoms with van der Waals surface area (Å²) in [6.45, 7) is 4.86. The number of phenolic OH excluding ortho intramolecular Hbond substituents is 1. The van der Waals surface area contributed by atoms with Crippen molar-refractivity contribution in [2.45, 2.75) is 5.92 Å². The van der Waals surface area contributed by atoms with Crippen LogP contribution in [0.25, 0.3) is 27.2 Å². The van der Waals surface area contributed by atoms with Crippen LogP contribution in [0.5, 0.6) is 5.75 Å². The third-order valence-corrected chi connectivity index (χ3v) is 5.82. The van der Waals surface area contributed by atoms with Crippen molar-refractivity contribution in [2.24, 2.45) is 0 Å². The molecule has 1 saturated heterocycles. The summed E-state index contributed by atoms with van der Waals surface area (Å²) in [5.41, 5.74) is 1.61. The summed E-state index contributed by atoms with van der Waals surface area (Å²) in [5.74, 6) is 0.346. The maximum atomic E-state index is 13.0. The topological polar surface area (TPSA) is 62.5 Å². The molecule has 5 rings (SSSR count). The fraction of sp³-hybridized carbons (Fsp3) is 0.120. The second-order valence-corrected chi connectivity index (χ2v) is 7.70. The number of fused-ring (bicyclic) bond motifs is 2. The molecule has 1 N–H and O–H groups in total. The largest absolute Gasteiger partial charge is 0.508 e.